The Labute approximate surface area is 243 Å². The number of rotatable bonds is 8. The molecule has 0 spiro atoms. The molecule has 4 N–H and O–H groups in total. The van der Waals surface area contributed by atoms with E-state index in [1.165, 1.54) is 3.57 Å². The Balaban J connectivity index is 0.000000212. The normalized spacial score (nSPS) is 11.7. The third-order valence-corrected chi connectivity index (χ3v) is 6.29. The Morgan fingerprint density at radius 3 is 2.26 bits per heavy atom. The first-order valence-corrected chi connectivity index (χ1v) is 13.4. The molecule has 0 radical (unpaired) electrons. The van der Waals surface area contributed by atoms with Gasteiger partial charge in [0.25, 0.3) is 0 Å². The van der Waals surface area contributed by atoms with Crippen LogP contribution in [-0.2, 0) is 13.1 Å². The summed E-state index contributed by atoms with van der Waals surface area (Å²) < 4.78 is 6.46. The van der Waals surface area contributed by atoms with Crippen molar-refractivity contribution < 1.29 is 4.74 Å². The maximum atomic E-state index is 5.95. The smallest absolute Gasteiger partial charge is 0.125 e. The maximum absolute atomic E-state index is 5.95. The van der Waals surface area contributed by atoms with E-state index in [9.17, 15) is 0 Å². The number of benzene rings is 4. The fourth-order valence-corrected chi connectivity index (χ4v) is 3.90. The van der Waals surface area contributed by atoms with Crippen LogP contribution < -0.4 is 16.2 Å². The molecular weight excluding hydrogens is 607 g/mol. The van der Waals surface area contributed by atoms with Gasteiger partial charge in [-0.1, -0.05) is 90.5 Å². The zero-order valence-electron chi connectivity index (χ0n) is 21.1. The second kappa shape index (κ2) is 15.6. The molecule has 0 heterocycles. The van der Waals surface area contributed by atoms with Gasteiger partial charge < -0.3 is 16.2 Å². The van der Waals surface area contributed by atoms with E-state index in [2.05, 4.69) is 32.6 Å². The van der Waals surface area contributed by atoms with Crippen molar-refractivity contribution in [1.82, 2.24) is 0 Å². The third-order valence-electron chi connectivity index (χ3n) is 5.33. The predicted molar refractivity (Wildman–Crippen MR) is 169 cm³/mol. The molecule has 4 aromatic rings. The van der Waals surface area contributed by atoms with Gasteiger partial charge in [-0.05, 0) is 70.1 Å². The van der Waals surface area contributed by atoms with Crippen LogP contribution in [0.1, 0.15) is 22.3 Å². The topological polar surface area (TPSA) is 86.0 Å². The number of hydrogen-bond donors (Lipinski definition) is 2. The molecule has 0 saturated carbocycles. The minimum atomic E-state index is 0.500. The van der Waals surface area contributed by atoms with Crippen LogP contribution in [0.4, 0.5) is 0 Å². The Morgan fingerprint density at radius 1 is 0.842 bits per heavy atom. The highest BCUT2D eigenvalue weighted by molar-refractivity contribution is 14.1. The Morgan fingerprint density at radius 2 is 1.55 bits per heavy atom. The molecule has 0 fully saturated rings. The van der Waals surface area contributed by atoms with E-state index in [4.69, 9.17) is 27.8 Å². The second-order valence-corrected chi connectivity index (χ2v) is 9.82. The highest BCUT2D eigenvalue weighted by atomic mass is 127. The molecule has 0 unspecified atom stereocenters. The average Bonchev–Trinajstić information content (AvgIpc) is 2.95. The van der Waals surface area contributed by atoms with Crippen molar-refractivity contribution in [3.8, 4) is 5.75 Å². The molecule has 0 aromatic heterocycles. The summed E-state index contributed by atoms with van der Waals surface area (Å²) in [7, 11) is 1.65. The van der Waals surface area contributed by atoms with Gasteiger partial charge in [0, 0.05) is 19.7 Å². The van der Waals surface area contributed by atoms with E-state index in [0.717, 1.165) is 33.0 Å². The minimum Gasteiger partial charge on any atom is -0.496 e. The van der Waals surface area contributed by atoms with E-state index in [0.29, 0.717) is 24.8 Å². The summed E-state index contributed by atoms with van der Waals surface area (Å²) in [5.41, 5.74) is 15.9. The first kappa shape index (κ1) is 28.9. The molecule has 4 aromatic carbocycles. The summed E-state index contributed by atoms with van der Waals surface area (Å²) in [6.45, 7) is 1.05. The first-order valence-electron chi connectivity index (χ1n) is 11.9. The lowest BCUT2D eigenvalue weighted by Gasteiger charge is -2.05. The van der Waals surface area contributed by atoms with Crippen LogP contribution in [0.15, 0.2) is 119 Å². The van der Waals surface area contributed by atoms with Gasteiger partial charge in [-0.25, -0.2) is 0 Å². The number of methoxy groups -OCH3 is 1. The molecule has 4 rings (SSSR count). The summed E-state index contributed by atoms with van der Waals surface area (Å²) >= 11 is 8.17. The van der Waals surface area contributed by atoms with E-state index >= 15 is 0 Å². The van der Waals surface area contributed by atoms with Crippen molar-refractivity contribution >= 4 is 51.9 Å². The molecule has 0 aliphatic carbocycles. The monoisotopic (exact) mass is 636 g/mol. The van der Waals surface area contributed by atoms with Crippen LogP contribution in [0.5, 0.6) is 5.75 Å². The van der Waals surface area contributed by atoms with Crippen LogP contribution in [0, 0.1) is 3.57 Å². The van der Waals surface area contributed by atoms with Gasteiger partial charge in [0.1, 0.15) is 17.4 Å². The van der Waals surface area contributed by atoms with Gasteiger partial charge in [-0.15, -0.1) is 0 Å². The molecule has 194 valence electrons. The zero-order chi connectivity index (χ0) is 27.2. The van der Waals surface area contributed by atoms with E-state index in [-0.39, 0.29) is 0 Å². The number of halogens is 2. The summed E-state index contributed by atoms with van der Waals surface area (Å²) in [4.78, 5) is 8.71. The van der Waals surface area contributed by atoms with Crippen LogP contribution in [0.3, 0.4) is 0 Å². The summed E-state index contributed by atoms with van der Waals surface area (Å²) in [5, 5.41) is 0.718. The Kier molecular flexibility index (Phi) is 11.9. The van der Waals surface area contributed by atoms with E-state index in [1.807, 2.05) is 115 Å². The van der Waals surface area contributed by atoms with Gasteiger partial charge in [0.15, 0.2) is 0 Å². The van der Waals surface area contributed by atoms with Crippen molar-refractivity contribution in [3.63, 3.8) is 0 Å². The van der Waals surface area contributed by atoms with Gasteiger partial charge >= 0.3 is 0 Å². The highest BCUT2D eigenvalue weighted by Crippen LogP contribution is 2.18. The number of amidine groups is 2. The van der Waals surface area contributed by atoms with Crippen molar-refractivity contribution in [2.75, 3.05) is 7.11 Å². The molecular formula is C31H30ClIN4O. The number of nitrogens with zero attached hydrogens (tertiary/aromatic N) is 2. The second-order valence-electron chi connectivity index (χ2n) is 8.14. The number of hydrogen-bond acceptors (Lipinski definition) is 3. The van der Waals surface area contributed by atoms with Crippen molar-refractivity contribution in [2.45, 2.75) is 13.1 Å². The number of ether oxygens (including phenoxy) is 1. The van der Waals surface area contributed by atoms with Gasteiger partial charge in [0.2, 0.25) is 0 Å². The van der Waals surface area contributed by atoms with Gasteiger partial charge in [-0.3, -0.25) is 9.98 Å². The largest absolute Gasteiger partial charge is 0.496 e. The lowest BCUT2D eigenvalue weighted by molar-refractivity contribution is 0.410. The van der Waals surface area contributed by atoms with E-state index in [1.54, 1.807) is 7.11 Å². The zero-order valence-corrected chi connectivity index (χ0v) is 24.0. The van der Waals surface area contributed by atoms with Crippen LogP contribution in [0.2, 0.25) is 5.02 Å². The first-order chi connectivity index (χ1) is 18.4. The molecule has 0 aliphatic heterocycles. The predicted octanol–water partition coefficient (Wildman–Crippen LogP) is 7.12. The Hall–Kier alpha value is -3.62. The van der Waals surface area contributed by atoms with E-state index < -0.39 is 0 Å². The number of para-hydroxylation sites is 1. The molecule has 5 nitrogen and oxygen atoms in total. The fraction of sp³-hybridized carbons (Fsp3) is 0.0968. The van der Waals surface area contributed by atoms with Crippen molar-refractivity contribution in [3.05, 3.63) is 140 Å². The fourth-order valence-electron chi connectivity index (χ4n) is 3.33. The van der Waals surface area contributed by atoms with Crippen molar-refractivity contribution in [1.29, 1.82) is 0 Å². The summed E-state index contributed by atoms with van der Waals surface area (Å²) in [5.74, 6) is 1.88. The molecule has 38 heavy (non-hydrogen) atoms. The van der Waals surface area contributed by atoms with Gasteiger partial charge in [-0.2, -0.15) is 0 Å². The lowest BCUT2D eigenvalue weighted by Crippen LogP contribution is -2.13. The number of nitrogens with two attached hydrogens (primary N) is 2. The van der Waals surface area contributed by atoms with Crippen LogP contribution >= 0.6 is 34.2 Å². The molecule has 0 saturated heterocycles. The minimum absolute atomic E-state index is 0.500. The standard InChI is InChI=1S/C17H18N2O.C14H12ClIN2/c1-20-16-10-6-5-9-15(16)13-19-17(18)12-11-14-7-3-2-4-8-14;15-12-3-1-2-10(8-12)9-18-14(17)11-4-6-13(16)7-5-11/h2-12H,13H2,1H3,(H2,18,19);1-8H,9H2,(H2,17,18)/b12-11+;. The maximum Gasteiger partial charge on any atom is 0.125 e. The third kappa shape index (κ3) is 10.0. The van der Waals surface area contributed by atoms with Gasteiger partial charge in [0.05, 0.1) is 20.2 Å². The summed E-state index contributed by atoms with van der Waals surface area (Å²) in [6, 6.07) is 33.4. The highest BCUT2D eigenvalue weighted by Gasteiger charge is 2.00. The summed E-state index contributed by atoms with van der Waals surface area (Å²) in [6.07, 6.45) is 3.76. The average molecular weight is 637 g/mol. The van der Waals surface area contributed by atoms with Crippen LogP contribution in [-0.4, -0.2) is 18.8 Å². The molecule has 0 amide bonds. The quantitative estimate of drug-likeness (QED) is 0.123. The molecule has 0 atom stereocenters. The number of aliphatic imine (C=N–C) groups is 2. The molecule has 0 aliphatic rings. The van der Waals surface area contributed by atoms with Crippen molar-refractivity contribution in [2.24, 2.45) is 21.5 Å². The molecule has 7 heteroatoms. The van der Waals surface area contributed by atoms with Crippen LogP contribution in [0.25, 0.3) is 6.08 Å². The molecule has 0 bridgehead atoms. The lowest BCUT2D eigenvalue weighted by atomic mass is 10.2. The Bertz CT molecular complexity index is 1390. The SMILES string of the molecule is COc1ccccc1CN=C(N)/C=C/c1ccccc1.NC(=NCc1cccc(Cl)c1)c1ccc(I)cc1.